The largest absolute Gasteiger partial charge is 0.586 e. The SMILES string of the molecule is CN1CCN(C(=O)C2Cc3cc(Cl)cc(-c4ccnc(N)c4)c3O2)CC1.Cc1ccc(NC(=O)C2(c3ccc4c(c3)OC(F)(F)O4)CC2)nc1-c1cccc(C=O)c1.NCCSCC=O. The van der Waals surface area contributed by atoms with Crippen LogP contribution in [-0.2, 0) is 26.2 Å². The first-order valence-electron chi connectivity index (χ1n) is 20.9. The number of anilines is 2. The molecule has 0 radical (unpaired) electrons. The maximum atomic E-state index is 13.3. The van der Waals surface area contributed by atoms with Crippen molar-refractivity contribution >= 4 is 59.4 Å². The maximum absolute atomic E-state index is 13.3. The summed E-state index contributed by atoms with van der Waals surface area (Å²) in [5.74, 6) is 2.61. The summed E-state index contributed by atoms with van der Waals surface area (Å²) in [6.07, 6.45) is 0.801. The number of alkyl halides is 2. The molecule has 5 aromatic rings. The number of carbonyl (C=O) groups excluding carboxylic acids is 4. The average Bonchev–Trinajstić information content (AvgIpc) is 3.90. The van der Waals surface area contributed by atoms with Crippen LogP contribution in [0.15, 0.2) is 85.1 Å². The smallest absolute Gasteiger partial charge is 0.479 e. The Bertz CT molecular complexity index is 2570. The molecule has 3 aliphatic heterocycles. The summed E-state index contributed by atoms with van der Waals surface area (Å²) in [4.78, 5) is 59.5. The van der Waals surface area contributed by atoms with Gasteiger partial charge in [0, 0.05) is 84.1 Å². The fourth-order valence-corrected chi connectivity index (χ4v) is 8.31. The molecule has 1 atom stereocenters. The number of thioether (sulfide) groups is 1. The van der Waals surface area contributed by atoms with Crippen LogP contribution in [0.3, 0.4) is 0 Å². The Balaban J connectivity index is 0.000000172. The van der Waals surface area contributed by atoms with Gasteiger partial charge in [0.1, 0.15) is 30.0 Å². The van der Waals surface area contributed by atoms with E-state index in [9.17, 15) is 28.0 Å². The summed E-state index contributed by atoms with van der Waals surface area (Å²) >= 11 is 7.87. The van der Waals surface area contributed by atoms with Crippen molar-refractivity contribution in [1.29, 1.82) is 0 Å². The van der Waals surface area contributed by atoms with Crippen LogP contribution in [0.4, 0.5) is 20.4 Å². The van der Waals surface area contributed by atoms with E-state index in [-0.39, 0.29) is 23.3 Å². The number of fused-ring (bicyclic) bond motifs is 2. The van der Waals surface area contributed by atoms with E-state index in [1.807, 2.05) is 42.2 Å². The zero-order chi connectivity index (χ0) is 46.3. The lowest BCUT2D eigenvalue weighted by molar-refractivity contribution is -0.286. The number of nitrogens with one attached hydrogen (secondary N) is 1. The minimum Gasteiger partial charge on any atom is -0.479 e. The number of aromatic nitrogens is 2. The van der Waals surface area contributed by atoms with E-state index in [1.165, 1.54) is 12.1 Å². The third kappa shape index (κ3) is 11.2. The predicted molar refractivity (Wildman–Crippen MR) is 246 cm³/mol. The molecule has 1 unspecified atom stereocenters. The van der Waals surface area contributed by atoms with E-state index in [0.717, 1.165) is 72.3 Å². The summed E-state index contributed by atoms with van der Waals surface area (Å²) in [5, 5.41) is 3.47. The molecule has 2 fully saturated rings. The lowest BCUT2D eigenvalue weighted by Crippen LogP contribution is -2.51. The number of hydrogen-bond donors (Lipinski definition) is 3. The van der Waals surface area contributed by atoms with Crippen molar-refractivity contribution in [3.8, 4) is 39.6 Å². The van der Waals surface area contributed by atoms with E-state index in [4.69, 9.17) is 27.8 Å². The number of halogens is 3. The highest BCUT2D eigenvalue weighted by atomic mass is 35.5. The van der Waals surface area contributed by atoms with Gasteiger partial charge in [0.25, 0.3) is 5.91 Å². The van der Waals surface area contributed by atoms with Crippen LogP contribution in [0.5, 0.6) is 17.2 Å². The molecule has 1 saturated heterocycles. The second kappa shape index (κ2) is 20.4. The van der Waals surface area contributed by atoms with Crippen molar-refractivity contribution in [2.75, 3.05) is 62.3 Å². The summed E-state index contributed by atoms with van der Waals surface area (Å²) in [7, 11) is 2.07. The molecule has 5 heterocycles. The highest BCUT2D eigenvalue weighted by Gasteiger charge is 2.53. The Labute approximate surface area is 384 Å². The number of nitrogens with two attached hydrogens (primary N) is 2. The number of carbonyl (C=O) groups is 4. The zero-order valence-corrected chi connectivity index (χ0v) is 37.3. The molecule has 1 saturated carbocycles. The molecule has 14 nitrogen and oxygen atoms in total. The van der Waals surface area contributed by atoms with Crippen molar-refractivity contribution in [3.05, 3.63) is 112 Å². The number of benzene rings is 3. The Hall–Kier alpha value is -6.14. The van der Waals surface area contributed by atoms with Gasteiger partial charge in [-0.3, -0.25) is 14.4 Å². The van der Waals surface area contributed by atoms with Gasteiger partial charge in [0.05, 0.1) is 11.1 Å². The molecular formula is C47H48ClF2N7O7S. The van der Waals surface area contributed by atoms with Crippen LogP contribution in [0.25, 0.3) is 22.4 Å². The summed E-state index contributed by atoms with van der Waals surface area (Å²) in [5.41, 5.74) is 16.2. The summed E-state index contributed by atoms with van der Waals surface area (Å²) in [6.45, 7) is 5.81. The van der Waals surface area contributed by atoms with E-state index < -0.39 is 17.8 Å². The molecule has 4 aliphatic rings. The number of pyridine rings is 2. The quantitative estimate of drug-likeness (QED) is 0.0927. The Morgan fingerprint density at radius 1 is 0.969 bits per heavy atom. The summed E-state index contributed by atoms with van der Waals surface area (Å²) in [6, 6.07) is 22.4. The molecule has 2 amide bonds. The average molecular weight is 928 g/mol. The topological polar surface area (TPSA) is 192 Å². The number of nitrogens with zero attached hydrogens (tertiary/aromatic N) is 4. The van der Waals surface area contributed by atoms with Gasteiger partial charge >= 0.3 is 6.29 Å². The second-order valence-electron chi connectivity index (χ2n) is 15.9. The van der Waals surface area contributed by atoms with Crippen molar-refractivity contribution in [2.24, 2.45) is 5.73 Å². The fraction of sp³-hybridized carbons (Fsp3) is 0.319. The van der Waals surface area contributed by atoms with Crippen LogP contribution in [0.2, 0.25) is 5.02 Å². The minimum atomic E-state index is -3.71. The fourth-order valence-electron chi connectivity index (χ4n) is 7.64. The minimum absolute atomic E-state index is 0.0469. The van der Waals surface area contributed by atoms with Crippen molar-refractivity contribution in [3.63, 3.8) is 0 Å². The lowest BCUT2D eigenvalue weighted by Gasteiger charge is -2.33. The first kappa shape index (κ1) is 46.8. The molecule has 0 bridgehead atoms. The normalized spacial score (nSPS) is 17.3. The molecule has 5 N–H and O–H groups in total. The number of aldehydes is 2. The van der Waals surface area contributed by atoms with Crippen molar-refractivity contribution in [1.82, 2.24) is 19.8 Å². The van der Waals surface area contributed by atoms with Gasteiger partial charge < -0.3 is 45.6 Å². The molecule has 0 spiro atoms. The highest BCUT2D eigenvalue weighted by Crippen LogP contribution is 2.52. The third-order valence-corrected chi connectivity index (χ3v) is 12.3. The van der Waals surface area contributed by atoms with Gasteiger partial charge in [-0.1, -0.05) is 41.9 Å². The third-order valence-electron chi connectivity index (χ3n) is 11.2. The van der Waals surface area contributed by atoms with Crippen molar-refractivity contribution < 1.29 is 42.2 Å². The Morgan fingerprint density at radius 2 is 1.74 bits per heavy atom. The van der Waals surface area contributed by atoms with Crippen molar-refractivity contribution in [2.45, 2.75) is 44.0 Å². The van der Waals surface area contributed by atoms with E-state index in [1.54, 1.807) is 54.4 Å². The number of amides is 2. The van der Waals surface area contributed by atoms with Gasteiger partial charge in [0.2, 0.25) is 5.91 Å². The van der Waals surface area contributed by atoms with Crippen LogP contribution in [-0.4, -0.2) is 108 Å². The molecule has 340 valence electrons. The lowest BCUT2D eigenvalue weighted by atomic mass is 9.94. The van der Waals surface area contributed by atoms with Gasteiger partial charge in [-0.25, -0.2) is 9.97 Å². The Morgan fingerprint density at radius 3 is 2.45 bits per heavy atom. The van der Waals surface area contributed by atoms with Crippen LogP contribution < -0.4 is 31.0 Å². The van der Waals surface area contributed by atoms with Gasteiger partial charge in [-0.2, -0.15) is 11.8 Å². The van der Waals surface area contributed by atoms with E-state index in [0.29, 0.717) is 70.8 Å². The number of aryl methyl sites for hydroxylation is 1. The number of rotatable bonds is 11. The van der Waals surface area contributed by atoms with Crippen LogP contribution >= 0.6 is 23.4 Å². The first-order chi connectivity index (χ1) is 31.2. The Kier molecular flexibility index (Phi) is 14.7. The van der Waals surface area contributed by atoms with Gasteiger partial charge in [-0.15, -0.1) is 8.78 Å². The molecule has 2 aromatic heterocycles. The van der Waals surface area contributed by atoms with Crippen LogP contribution in [0.1, 0.15) is 39.9 Å². The standard InChI is InChI=1S/C24H18F2N2O4.C19H21ClN4O2.C4H9NOS/c1-14-5-8-20(27-21(14)16-4-2-3-15(11-16)13-29)28-22(30)23(9-10-23)17-6-7-18-19(12-17)32-24(25,26)31-18;1-23-4-6-24(7-5-23)19(25)16-9-13-8-14(20)11-15(18(13)26-16)12-2-3-22-17(21)10-12;5-1-3-7-4-2-6/h2-8,11-13H,9-10H2,1H3,(H,27,28,30);2-3,8,10-11,16H,4-7,9H2,1H3,(H2,21,22);2H,1,3-5H2. The molecular weight excluding hydrogens is 880 g/mol. The number of likely N-dealkylation sites (N-methyl/N-ethyl adjacent to an activating group) is 1. The van der Waals surface area contributed by atoms with E-state index >= 15 is 0 Å². The molecule has 9 rings (SSSR count). The zero-order valence-electron chi connectivity index (χ0n) is 35.7. The van der Waals surface area contributed by atoms with Gasteiger partial charge in [0.15, 0.2) is 17.6 Å². The monoisotopic (exact) mass is 927 g/mol. The number of hydrogen-bond acceptors (Lipinski definition) is 13. The van der Waals surface area contributed by atoms with Crippen LogP contribution in [0, 0.1) is 6.92 Å². The molecule has 1 aliphatic carbocycles. The second-order valence-corrected chi connectivity index (χ2v) is 17.4. The van der Waals surface area contributed by atoms with Gasteiger partial charge in [-0.05, 0) is 92.0 Å². The summed E-state index contributed by atoms with van der Waals surface area (Å²) < 4.78 is 41.7. The molecule has 65 heavy (non-hydrogen) atoms. The number of nitrogen functional groups attached to an aromatic ring is 1. The number of ether oxygens (including phenoxy) is 3. The maximum Gasteiger partial charge on any atom is 0.586 e. The predicted octanol–water partition coefficient (Wildman–Crippen LogP) is 6.80. The molecule has 18 heteroatoms. The van der Waals surface area contributed by atoms with E-state index in [2.05, 4.69) is 36.7 Å². The number of piperazine rings is 1. The highest BCUT2D eigenvalue weighted by molar-refractivity contribution is 7.99. The first-order valence-corrected chi connectivity index (χ1v) is 22.4. The molecule has 3 aromatic carbocycles.